The Morgan fingerprint density at radius 2 is 2.00 bits per heavy atom. The summed E-state index contributed by atoms with van der Waals surface area (Å²) in [6.07, 6.45) is -4.01. The van der Waals surface area contributed by atoms with Gasteiger partial charge in [0.2, 0.25) is 5.91 Å². The molecule has 0 aliphatic heterocycles. The van der Waals surface area contributed by atoms with E-state index in [9.17, 15) is 18.0 Å². The molecule has 0 aliphatic carbocycles. The van der Waals surface area contributed by atoms with Crippen LogP contribution in [0.25, 0.3) is 5.78 Å². The summed E-state index contributed by atoms with van der Waals surface area (Å²) in [6, 6.07) is 4.54. The van der Waals surface area contributed by atoms with E-state index in [1.807, 2.05) is 13.8 Å². The molecule has 148 valence electrons. The SMILES string of the molecule is Cc1nc2nc(CN)nn2c(C)c1CCC(=O)Nc1cccc(C(F)(F)F)c1. The number of halogens is 3. The first-order valence-electron chi connectivity index (χ1n) is 8.58. The van der Waals surface area contributed by atoms with Gasteiger partial charge in [0.15, 0.2) is 5.82 Å². The van der Waals surface area contributed by atoms with E-state index in [4.69, 9.17) is 5.73 Å². The Balaban J connectivity index is 1.73. The lowest BCUT2D eigenvalue weighted by atomic mass is 10.1. The van der Waals surface area contributed by atoms with E-state index in [2.05, 4.69) is 20.4 Å². The van der Waals surface area contributed by atoms with Gasteiger partial charge in [-0.1, -0.05) is 6.07 Å². The number of anilines is 1. The average Bonchev–Trinajstić information content (AvgIpc) is 3.04. The molecule has 0 spiro atoms. The maximum atomic E-state index is 12.8. The molecule has 0 bridgehead atoms. The predicted octanol–water partition coefficient (Wildman–Crippen LogP) is 2.79. The minimum Gasteiger partial charge on any atom is -0.326 e. The number of nitrogens with one attached hydrogen (secondary N) is 1. The number of alkyl halides is 3. The summed E-state index contributed by atoms with van der Waals surface area (Å²) in [7, 11) is 0. The lowest BCUT2D eigenvalue weighted by molar-refractivity contribution is -0.137. The van der Waals surface area contributed by atoms with Crippen molar-refractivity contribution in [3.8, 4) is 0 Å². The number of amides is 1. The smallest absolute Gasteiger partial charge is 0.326 e. The molecule has 3 rings (SSSR count). The van der Waals surface area contributed by atoms with Crippen LogP contribution in [0.4, 0.5) is 18.9 Å². The number of benzene rings is 1. The van der Waals surface area contributed by atoms with Crippen molar-refractivity contribution in [1.29, 1.82) is 0 Å². The molecule has 0 radical (unpaired) electrons. The Bertz CT molecular complexity index is 1030. The monoisotopic (exact) mass is 392 g/mol. The summed E-state index contributed by atoms with van der Waals surface area (Å²) in [4.78, 5) is 20.8. The average molecular weight is 392 g/mol. The third-order valence-corrected chi connectivity index (χ3v) is 4.35. The van der Waals surface area contributed by atoms with Gasteiger partial charge < -0.3 is 11.1 Å². The summed E-state index contributed by atoms with van der Waals surface area (Å²) in [6.45, 7) is 3.84. The van der Waals surface area contributed by atoms with Gasteiger partial charge in [0.1, 0.15) is 0 Å². The number of rotatable bonds is 5. The summed E-state index contributed by atoms with van der Waals surface area (Å²) >= 11 is 0. The highest BCUT2D eigenvalue weighted by Gasteiger charge is 2.30. The number of carbonyl (C=O) groups excluding carboxylic acids is 1. The minimum atomic E-state index is -4.46. The van der Waals surface area contributed by atoms with E-state index < -0.39 is 11.7 Å². The van der Waals surface area contributed by atoms with Crippen LogP contribution in [0.5, 0.6) is 0 Å². The van der Waals surface area contributed by atoms with E-state index in [-0.39, 0.29) is 24.6 Å². The van der Waals surface area contributed by atoms with E-state index in [1.54, 1.807) is 4.52 Å². The standard InChI is InChI=1S/C18H19F3N6O/c1-10-14(11(2)27-17(23-10)25-15(9-22)26-27)6-7-16(28)24-13-5-3-4-12(8-13)18(19,20)21/h3-5,8H,6-7,9,22H2,1-2H3,(H,24,28). The third-order valence-electron chi connectivity index (χ3n) is 4.35. The van der Waals surface area contributed by atoms with Crippen molar-refractivity contribution < 1.29 is 18.0 Å². The van der Waals surface area contributed by atoms with Gasteiger partial charge in [-0.15, -0.1) is 5.10 Å². The van der Waals surface area contributed by atoms with Crippen LogP contribution in [0, 0.1) is 13.8 Å². The van der Waals surface area contributed by atoms with Gasteiger partial charge in [0.05, 0.1) is 12.1 Å². The Hall–Kier alpha value is -3.01. The molecule has 10 heteroatoms. The van der Waals surface area contributed by atoms with E-state index in [0.717, 1.165) is 23.4 Å². The van der Waals surface area contributed by atoms with Crippen LogP contribution in [0.3, 0.4) is 0 Å². The van der Waals surface area contributed by atoms with Gasteiger partial charge in [-0.05, 0) is 44.0 Å². The number of fused-ring (bicyclic) bond motifs is 1. The van der Waals surface area contributed by atoms with Gasteiger partial charge in [-0.25, -0.2) is 9.50 Å². The van der Waals surface area contributed by atoms with E-state index in [1.165, 1.54) is 12.1 Å². The van der Waals surface area contributed by atoms with Crippen molar-refractivity contribution in [2.75, 3.05) is 5.32 Å². The third kappa shape index (κ3) is 4.11. The molecule has 0 unspecified atom stereocenters. The first kappa shape index (κ1) is 19.7. The Morgan fingerprint density at radius 1 is 1.25 bits per heavy atom. The first-order valence-corrected chi connectivity index (χ1v) is 8.58. The molecule has 0 fully saturated rings. The molecule has 2 heterocycles. The number of hydrogen-bond donors (Lipinski definition) is 2. The maximum absolute atomic E-state index is 12.8. The first-order chi connectivity index (χ1) is 13.2. The van der Waals surface area contributed by atoms with E-state index in [0.29, 0.717) is 23.7 Å². The Labute approximate surface area is 158 Å². The number of hydrogen-bond acceptors (Lipinski definition) is 5. The van der Waals surface area contributed by atoms with Crippen molar-refractivity contribution >= 4 is 17.4 Å². The molecule has 0 saturated heterocycles. The molecule has 28 heavy (non-hydrogen) atoms. The van der Waals surface area contributed by atoms with Crippen LogP contribution in [0.2, 0.25) is 0 Å². The van der Waals surface area contributed by atoms with Gasteiger partial charge in [0.25, 0.3) is 5.78 Å². The van der Waals surface area contributed by atoms with Gasteiger partial charge in [-0.3, -0.25) is 4.79 Å². The summed E-state index contributed by atoms with van der Waals surface area (Å²) in [5.74, 6) is 0.515. The highest BCUT2D eigenvalue weighted by molar-refractivity contribution is 5.90. The number of aromatic nitrogens is 4. The van der Waals surface area contributed by atoms with Gasteiger partial charge in [0, 0.05) is 23.5 Å². The minimum absolute atomic E-state index is 0.0869. The fourth-order valence-corrected chi connectivity index (χ4v) is 2.93. The highest BCUT2D eigenvalue weighted by atomic mass is 19.4. The Morgan fingerprint density at radius 3 is 2.68 bits per heavy atom. The molecule has 1 amide bonds. The molecule has 3 aromatic rings. The number of nitrogens with zero attached hydrogens (tertiary/aromatic N) is 4. The quantitative estimate of drug-likeness (QED) is 0.696. The highest BCUT2D eigenvalue weighted by Crippen LogP contribution is 2.30. The maximum Gasteiger partial charge on any atom is 0.416 e. The fraction of sp³-hybridized carbons (Fsp3) is 0.333. The molecule has 1 aromatic carbocycles. The van der Waals surface area contributed by atoms with E-state index >= 15 is 0 Å². The topological polar surface area (TPSA) is 98.2 Å². The van der Waals surface area contributed by atoms with Crippen molar-refractivity contribution in [2.24, 2.45) is 5.73 Å². The van der Waals surface area contributed by atoms with Crippen LogP contribution >= 0.6 is 0 Å². The molecule has 7 nitrogen and oxygen atoms in total. The van der Waals surface area contributed by atoms with Gasteiger partial charge in [-0.2, -0.15) is 18.2 Å². The molecule has 0 aliphatic rings. The summed E-state index contributed by atoms with van der Waals surface area (Å²) in [5, 5.41) is 6.77. The summed E-state index contributed by atoms with van der Waals surface area (Å²) < 4.78 is 39.9. The zero-order valence-corrected chi connectivity index (χ0v) is 15.3. The largest absolute Gasteiger partial charge is 0.416 e. The Kier molecular flexibility index (Phi) is 5.32. The van der Waals surface area contributed by atoms with Crippen LogP contribution in [-0.2, 0) is 23.9 Å². The second kappa shape index (κ2) is 7.55. The normalized spacial score (nSPS) is 11.8. The van der Waals surface area contributed by atoms with Crippen LogP contribution < -0.4 is 11.1 Å². The van der Waals surface area contributed by atoms with Gasteiger partial charge >= 0.3 is 6.18 Å². The molecule has 0 saturated carbocycles. The lowest BCUT2D eigenvalue weighted by Gasteiger charge is -2.12. The zero-order valence-electron chi connectivity index (χ0n) is 15.3. The number of nitrogens with two attached hydrogens (primary N) is 1. The number of aryl methyl sites for hydroxylation is 2. The molecule has 2 aromatic heterocycles. The second-order valence-electron chi connectivity index (χ2n) is 6.33. The van der Waals surface area contributed by atoms with Crippen LogP contribution in [0.15, 0.2) is 24.3 Å². The van der Waals surface area contributed by atoms with Crippen molar-refractivity contribution in [2.45, 2.75) is 39.4 Å². The lowest BCUT2D eigenvalue weighted by Crippen LogP contribution is -2.15. The molecule has 0 atom stereocenters. The van der Waals surface area contributed by atoms with Crippen LogP contribution in [-0.4, -0.2) is 25.5 Å². The van der Waals surface area contributed by atoms with Crippen LogP contribution in [0.1, 0.15) is 34.8 Å². The molecular weight excluding hydrogens is 373 g/mol. The van der Waals surface area contributed by atoms with Crippen molar-refractivity contribution in [3.63, 3.8) is 0 Å². The predicted molar refractivity (Wildman–Crippen MR) is 96.5 cm³/mol. The number of carbonyl (C=O) groups is 1. The second-order valence-corrected chi connectivity index (χ2v) is 6.33. The zero-order chi connectivity index (χ0) is 20.5. The summed E-state index contributed by atoms with van der Waals surface area (Å²) in [5.41, 5.74) is 7.19. The van der Waals surface area contributed by atoms with Crippen molar-refractivity contribution in [3.05, 3.63) is 52.6 Å². The molecule has 3 N–H and O–H groups in total. The fourth-order valence-electron chi connectivity index (χ4n) is 2.93. The van der Waals surface area contributed by atoms with Crippen molar-refractivity contribution in [1.82, 2.24) is 19.6 Å². The molecular formula is C18H19F3N6O.